The number of aromatic nitrogens is 2. The van der Waals surface area contributed by atoms with Crippen molar-refractivity contribution in [1.29, 1.82) is 0 Å². The number of hydrogen-bond acceptors (Lipinski definition) is 3. The molecule has 1 N–H and O–H groups in total. The van der Waals surface area contributed by atoms with E-state index in [1.165, 1.54) is 31.4 Å². The summed E-state index contributed by atoms with van der Waals surface area (Å²) in [7, 11) is 0. The molecule has 0 radical (unpaired) electrons. The SMILES string of the molecule is CCn1cc(CN2CCCCC2CNC(C)C)cn1. The predicted molar refractivity (Wildman–Crippen MR) is 79.1 cm³/mol. The van der Waals surface area contributed by atoms with Gasteiger partial charge in [0, 0.05) is 43.5 Å². The van der Waals surface area contributed by atoms with Gasteiger partial charge in [0.1, 0.15) is 0 Å². The fourth-order valence-corrected chi connectivity index (χ4v) is 2.77. The van der Waals surface area contributed by atoms with Gasteiger partial charge in [0.25, 0.3) is 0 Å². The Labute approximate surface area is 117 Å². The van der Waals surface area contributed by atoms with Crippen LogP contribution in [0.25, 0.3) is 0 Å². The molecule has 2 heterocycles. The standard InChI is InChI=1S/C15H28N4/c1-4-19-12-14(9-17-19)11-18-8-6-5-7-15(18)10-16-13(2)3/h9,12-13,15-16H,4-8,10-11H2,1-3H3. The smallest absolute Gasteiger partial charge is 0.0534 e. The van der Waals surface area contributed by atoms with Gasteiger partial charge in [0.05, 0.1) is 6.20 Å². The summed E-state index contributed by atoms with van der Waals surface area (Å²) < 4.78 is 2.01. The van der Waals surface area contributed by atoms with Crippen molar-refractivity contribution in [3.8, 4) is 0 Å². The quantitative estimate of drug-likeness (QED) is 0.855. The average molecular weight is 264 g/mol. The van der Waals surface area contributed by atoms with Gasteiger partial charge in [0.15, 0.2) is 0 Å². The van der Waals surface area contributed by atoms with Crippen LogP contribution in [0.4, 0.5) is 0 Å². The van der Waals surface area contributed by atoms with Gasteiger partial charge in [-0.3, -0.25) is 9.58 Å². The Balaban J connectivity index is 1.91. The van der Waals surface area contributed by atoms with E-state index in [4.69, 9.17) is 0 Å². The third-order valence-corrected chi connectivity index (χ3v) is 3.91. The van der Waals surface area contributed by atoms with E-state index in [1.54, 1.807) is 0 Å². The van der Waals surface area contributed by atoms with Gasteiger partial charge in [-0.2, -0.15) is 5.10 Å². The van der Waals surface area contributed by atoms with Crippen LogP contribution in [0, 0.1) is 0 Å². The van der Waals surface area contributed by atoms with Gasteiger partial charge in [-0.1, -0.05) is 20.3 Å². The van der Waals surface area contributed by atoms with Crippen molar-refractivity contribution >= 4 is 0 Å². The molecule has 0 spiro atoms. The molecule has 1 unspecified atom stereocenters. The molecule has 1 aromatic heterocycles. The maximum absolute atomic E-state index is 4.37. The molecule has 4 nitrogen and oxygen atoms in total. The van der Waals surface area contributed by atoms with E-state index < -0.39 is 0 Å². The van der Waals surface area contributed by atoms with Crippen LogP contribution in [-0.4, -0.2) is 39.9 Å². The Morgan fingerprint density at radius 2 is 2.26 bits per heavy atom. The van der Waals surface area contributed by atoms with Crippen molar-refractivity contribution < 1.29 is 0 Å². The first-order valence-corrected chi connectivity index (χ1v) is 7.67. The zero-order chi connectivity index (χ0) is 13.7. The Morgan fingerprint density at radius 3 is 2.95 bits per heavy atom. The van der Waals surface area contributed by atoms with Crippen molar-refractivity contribution in [3.05, 3.63) is 18.0 Å². The van der Waals surface area contributed by atoms with Crippen LogP contribution in [0.5, 0.6) is 0 Å². The topological polar surface area (TPSA) is 33.1 Å². The monoisotopic (exact) mass is 264 g/mol. The van der Waals surface area contributed by atoms with Crippen molar-refractivity contribution in [1.82, 2.24) is 20.0 Å². The molecule has 1 fully saturated rings. The van der Waals surface area contributed by atoms with E-state index in [-0.39, 0.29) is 0 Å². The largest absolute Gasteiger partial charge is 0.313 e. The Bertz CT molecular complexity index is 372. The van der Waals surface area contributed by atoms with Crippen molar-refractivity contribution in [2.75, 3.05) is 13.1 Å². The molecule has 1 saturated heterocycles. The Kier molecular flexibility index (Phi) is 5.40. The van der Waals surface area contributed by atoms with Gasteiger partial charge in [0.2, 0.25) is 0 Å². The van der Waals surface area contributed by atoms with E-state index in [0.29, 0.717) is 12.1 Å². The third kappa shape index (κ3) is 4.32. The molecule has 1 aliphatic rings. The van der Waals surface area contributed by atoms with Crippen LogP contribution in [0.3, 0.4) is 0 Å². The number of nitrogens with zero attached hydrogens (tertiary/aromatic N) is 3. The fraction of sp³-hybridized carbons (Fsp3) is 0.800. The van der Waals surface area contributed by atoms with E-state index >= 15 is 0 Å². The molecular weight excluding hydrogens is 236 g/mol. The normalized spacial score (nSPS) is 21.2. The zero-order valence-electron chi connectivity index (χ0n) is 12.6. The molecule has 0 amide bonds. The van der Waals surface area contributed by atoms with Crippen molar-refractivity contribution in [2.24, 2.45) is 0 Å². The van der Waals surface area contributed by atoms with Crippen LogP contribution in [-0.2, 0) is 13.1 Å². The molecule has 0 aliphatic carbocycles. The lowest BCUT2D eigenvalue weighted by molar-refractivity contribution is 0.135. The molecular formula is C15H28N4. The van der Waals surface area contributed by atoms with Gasteiger partial charge < -0.3 is 5.32 Å². The summed E-state index contributed by atoms with van der Waals surface area (Å²) in [4.78, 5) is 2.62. The van der Waals surface area contributed by atoms with Crippen LogP contribution < -0.4 is 5.32 Å². The number of nitrogens with one attached hydrogen (secondary N) is 1. The van der Waals surface area contributed by atoms with Crippen LogP contribution >= 0.6 is 0 Å². The second-order valence-electron chi connectivity index (χ2n) is 5.89. The molecule has 0 aromatic carbocycles. The van der Waals surface area contributed by atoms with Crippen LogP contribution in [0.15, 0.2) is 12.4 Å². The highest BCUT2D eigenvalue weighted by Gasteiger charge is 2.22. The number of piperidine rings is 1. The minimum absolute atomic E-state index is 0.576. The summed E-state index contributed by atoms with van der Waals surface area (Å²) in [5.41, 5.74) is 1.35. The summed E-state index contributed by atoms with van der Waals surface area (Å²) in [6, 6.07) is 1.26. The summed E-state index contributed by atoms with van der Waals surface area (Å²) in [5, 5.41) is 7.96. The maximum Gasteiger partial charge on any atom is 0.0534 e. The lowest BCUT2D eigenvalue weighted by atomic mass is 10.0. The van der Waals surface area contributed by atoms with E-state index in [2.05, 4.69) is 42.3 Å². The Morgan fingerprint density at radius 1 is 1.42 bits per heavy atom. The molecule has 0 bridgehead atoms. The number of likely N-dealkylation sites (tertiary alicyclic amines) is 1. The second-order valence-corrected chi connectivity index (χ2v) is 5.89. The lowest BCUT2D eigenvalue weighted by Crippen LogP contribution is -2.46. The minimum Gasteiger partial charge on any atom is -0.313 e. The molecule has 1 atom stereocenters. The molecule has 19 heavy (non-hydrogen) atoms. The van der Waals surface area contributed by atoms with Crippen molar-refractivity contribution in [2.45, 2.75) is 65.2 Å². The van der Waals surface area contributed by atoms with E-state index in [9.17, 15) is 0 Å². The number of rotatable bonds is 6. The number of aryl methyl sites for hydroxylation is 1. The molecule has 1 aromatic rings. The highest BCUT2D eigenvalue weighted by Crippen LogP contribution is 2.19. The van der Waals surface area contributed by atoms with Gasteiger partial charge in [-0.15, -0.1) is 0 Å². The number of hydrogen-bond donors (Lipinski definition) is 1. The molecule has 108 valence electrons. The van der Waals surface area contributed by atoms with E-state index in [0.717, 1.165) is 19.6 Å². The summed E-state index contributed by atoms with van der Waals surface area (Å²) >= 11 is 0. The predicted octanol–water partition coefficient (Wildman–Crippen LogP) is 2.26. The lowest BCUT2D eigenvalue weighted by Gasteiger charge is -2.36. The average Bonchev–Trinajstić information content (AvgIpc) is 2.85. The summed E-state index contributed by atoms with van der Waals surface area (Å²) in [6.45, 7) is 10.9. The molecule has 0 saturated carbocycles. The Hall–Kier alpha value is -0.870. The minimum atomic E-state index is 0.576. The van der Waals surface area contributed by atoms with Gasteiger partial charge in [-0.25, -0.2) is 0 Å². The van der Waals surface area contributed by atoms with Gasteiger partial charge in [-0.05, 0) is 26.3 Å². The summed E-state index contributed by atoms with van der Waals surface area (Å²) in [6.07, 6.45) is 8.23. The van der Waals surface area contributed by atoms with E-state index in [1.807, 2.05) is 10.9 Å². The maximum atomic E-state index is 4.37. The molecule has 4 heteroatoms. The molecule has 1 aliphatic heterocycles. The van der Waals surface area contributed by atoms with Crippen molar-refractivity contribution in [3.63, 3.8) is 0 Å². The first-order chi connectivity index (χ1) is 9.19. The molecule has 2 rings (SSSR count). The zero-order valence-corrected chi connectivity index (χ0v) is 12.6. The fourth-order valence-electron chi connectivity index (χ4n) is 2.77. The highest BCUT2D eigenvalue weighted by atomic mass is 15.3. The van der Waals surface area contributed by atoms with Crippen LogP contribution in [0.1, 0.15) is 45.6 Å². The first-order valence-electron chi connectivity index (χ1n) is 7.67. The van der Waals surface area contributed by atoms with Crippen LogP contribution in [0.2, 0.25) is 0 Å². The first kappa shape index (κ1) is 14.5. The summed E-state index contributed by atoms with van der Waals surface area (Å²) in [5.74, 6) is 0. The third-order valence-electron chi connectivity index (χ3n) is 3.91. The highest BCUT2D eigenvalue weighted by molar-refractivity contribution is 5.04. The second kappa shape index (κ2) is 7.06. The van der Waals surface area contributed by atoms with Gasteiger partial charge >= 0.3 is 0 Å².